The van der Waals surface area contributed by atoms with Gasteiger partial charge in [0.2, 0.25) is 6.79 Å². The lowest BCUT2D eigenvalue weighted by atomic mass is 9.97. The van der Waals surface area contributed by atoms with Gasteiger partial charge in [-0.1, -0.05) is 23.7 Å². The van der Waals surface area contributed by atoms with Gasteiger partial charge in [0, 0.05) is 11.4 Å². The summed E-state index contributed by atoms with van der Waals surface area (Å²) in [6, 6.07) is 15.1. The van der Waals surface area contributed by atoms with Crippen LogP contribution in [0, 0.1) is 11.3 Å². The molecule has 0 aromatic heterocycles. The predicted octanol–water partition coefficient (Wildman–Crippen LogP) is 4.14. The first-order valence-corrected chi connectivity index (χ1v) is 7.31. The molecule has 22 heavy (non-hydrogen) atoms. The van der Waals surface area contributed by atoms with Crippen molar-refractivity contribution in [1.82, 2.24) is 0 Å². The predicted molar refractivity (Wildman–Crippen MR) is 82.5 cm³/mol. The zero-order chi connectivity index (χ0) is 15.4. The summed E-state index contributed by atoms with van der Waals surface area (Å²) in [4.78, 5) is 0. The summed E-state index contributed by atoms with van der Waals surface area (Å²) in [5, 5.41) is 10.0. The van der Waals surface area contributed by atoms with Crippen LogP contribution in [0.1, 0.15) is 17.9 Å². The average Bonchev–Trinajstić information content (AvgIpc) is 2.99. The van der Waals surface area contributed by atoms with E-state index in [9.17, 15) is 5.26 Å². The zero-order valence-corrected chi connectivity index (χ0v) is 12.5. The molecule has 3 rings (SSSR count). The number of ether oxygens (including phenoxy) is 3. The highest BCUT2D eigenvalue weighted by molar-refractivity contribution is 6.30. The van der Waals surface area contributed by atoms with E-state index in [1.807, 2.05) is 30.3 Å². The van der Waals surface area contributed by atoms with Crippen molar-refractivity contribution in [3.63, 3.8) is 0 Å². The van der Waals surface area contributed by atoms with Gasteiger partial charge in [-0.25, -0.2) is 0 Å². The van der Waals surface area contributed by atoms with Crippen molar-refractivity contribution < 1.29 is 14.2 Å². The summed E-state index contributed by atoms with van der Waals surface area (Å²) < 4.78 is 16.3. The second kappa shape index (κ2) is 6.59. The summed E-state index contributed by atoms with van der Waals surface area (Å²) in [7, 11) is 0. The summed E-state index contributed by atoms with van der Waals surface area (Å²) in [6.45, 7) is 0.668. The fourth-order valence-electron chi connectivity index (χ4n) is 2.29. The lowest BCUT2D eigenvalue weighted by Gasteiger charge is -2.11. The SMILES string of the molecule is N#CC(CCOc1cccc(Cl)c1)c1ccc2c(c1)OCO2. The molecule has 1 heterocycles. The minimum absolute atomic E-state index is 0.230. The quantitative estimate of drug-likeness (QED) is 0.832. The molecular formula is C17H14ClNO3. The van der Waals surface area contributed by atoms with Gasteiger partial charge in [0.15, 0.2) is 11.5 Å². The largest absolute Gasteiger partial charge is 0.493 e. The number of fused-ring (bicyclic) bond motifs is 1. The minimum atomic E-state index is -0.256. The van der Waals surface area contributed by atoms with Crippen molar-refractivity contribution >= 4 is 11.6 Å². The maximum absolute atomic E-state index is 9.37. The molecule has 5 heteroatoms. The number of hydrogen-bond acceptors (Lipinski definition) is 4. The molecular weight excluding hydrogens is 302 g/mol. The van der Waals surface area contributed by atoms with Crippen molar-refractivity contribution in [1.29, 1.82) is 5.26 Å². The third-order valence-electron chi connectivity index (χ3n) is 3.43. The lowest BCUT2D eigenvalue weighted by molar-refractivity contribution is 0.174. The van der Waals surface area contributed by atoms with Crippen molar-refractivity contribution in [2.75, 3.05) is 13.4 Å². The first kappa shape index (κ1) is 14.6. The Morgan fingerprint density at radius 1 is 1.18 bits per heavy atom. The maximum Gasteiger partial charge on any atom is 0.231 e. The average molecular weight is 316 g/mol. The van der Waals surface area contributed by atoms with E-state index in [1.54, 1.807) is 12.1 Å². The van der Waals surface area contributed by atoms with E-state index >= 15 is 0 Å². The van der Waals surface area contributed by atoms with Gasteiger partial charge >= 0.3 is 0 Å². The van der Waals surface area contributed by atoms with Gasteiger partial charge in [-0.2, -0.15) is 5.26 Å². The summed E-state index contributed by atoms with van der Waals surface area (Å²) in [6.07, 6.45) is 0.586. The molecule has 1 unspecified atom stereocenters. The van der Waals surface area contributed by atoms with E-state index < -0.39 is 0 Å². The van der Waals surface area contributed by atoms with Crippen molar-refractivity contribution in [2.45, 2.75) is 12.3 Å². The number of halogens is 1. The third-order valence-corrected chi connectivity index (χ3v) is 3.66. The standard InChI is InChI=1S/C17H14ClNO3/c18-14-2-1-3-15(9-14)20-7-6-13(10-19)12-4-5-16-17(8-12)22-11-21-16/h1-5,8-9,13H,6-7,11H2. The summed E-state index contributed by atoms with van der Waals surface area (Å²) >= 11 is 5.91. The van der Waals surface area contributed by atoms with Crippen LogP contribution in [0.5, 0.6) is 17.2 Å². The van der Waals surface area contributed by atoms with Gasteiger partial charge in [-0.05, 0) is 35.9 Å². The number of hydrogen-bond donors (Lipinski definition) is 0. The van der Waals surface area contributed by atoms with Crippen LogP contribution in [0.3, 0.4) is 0 Å². The molecule has 0 radical (unpaired) electrons. The lowest BCUT2D eigenvalue weighted by Crippen LogP contribution is -2.04. The van der Waals surface area contributed by atoms with Crippen molar-refractivity contribution in [3.05, 3.63) is 53.1 Å². The van der Waals surface area contributed by atoms with Gasteiger partial charge in [0.1, 0.15) is 5.75 Å². The Balaban J connectivity index is 1.62. The Hall–Kier alpha value is -2.38. The Morgan fingerprint density at radius 3 is 2.86 bits per heavy atom. The van der Waals surface area contributed by atoms with Crippen LogP contribution >= 0.6 is 11.6 Å². The fourth-order valence-corrected chi connectivity index (χ4v) is 2.47. The molecule has 0 aliphatic carbocycles. The Labute approximate surface area is 133 Å². The van der Waals surface area contributed by atoms with Crippen LogP contribution in [0.25, 0.3) is 0 Å². The van der Waals surface area contributed by atoms with Gasteiger partial charge < -0.3 is 14.2 Å². The second-order valence-electron chi connectivity index (χ2n) is 4.89. The monoisotopic (exact) mass is 315 g/mol. The molecule has 0 saturated heterocycles. The Kier molecular flexibility index (Phi) is 4.36. The van der Waals surface area contributed by atoms with Crippen LogP contribution < -0.4 is 14.2 Å². The number of nitriles is 1. The second-order valence-corrected chi connectivity index (χ2v) is 5.33. The zero-order valence-electron chi connectivity index (χ0n) is 11.8. The highest BCUT2D eigenvalue weighted by atomic mass is 35.5. The summed E-state index contributed by atoms with van der Waals surface area (Å²) in [5.41, 5.74) is 0.904. The maximum atomic E-state index is 9.37. The van der Waals surface area contributed by atoms with E-state index in [4.69, 9.17) is 25.8 Å². The molecule has 0 spiro atoms. The van der Waals surface area contributed by atoms with Gasteiger partial charge in [-0.15, -0.1) is 0 Å². The van der Waals surface area contributed by atoms with Crippen LogP contribution in [-0.2, 0) is 0 Å². The van der Waals surface area contributed by atoms with E-state index in [-0.39, 0.29) is 12.7 Å². The molecule has 1 aliphatic heterocycles. The highest BCUT2D eigenvalue weighted by Crippen LogP contribution is 2.35. The first-order valence-electron chi connectivity index (χ1n) is 6.94. The van der Waals surface area contributed by atoms with Crippen molar-refractivity contribution in [2.24, 2.45) is 0 Å². The molecule has 0 N–H and O–H groups in total. The van der Waals surface area contributed by atoms with E-state index in [0.29, 0.717) is 29.5 Å². The van der Waals surface area contributed by atoms with Crippen LogP contribution in [0.15, 0.2) is 42.5 Å². The third kappa shape index (κ3) is 3.26. The number of rotatable bonds is 5. The van der Waals surface area contributed by atoms with Crippen LogP contribution in [0.4, 0.5) is 0 Å². The topological polar surface area (TPSA) is 51.5 Å². The normalized spacial score (nSPS) is 13.5. The smallest absolute Gasteiger partial charge is 0.231 e. The Bertz CT molecular complexity index is 711. The minimum Gasteiger partial charge on any atom is -0.493 e. The summed E-state index contributed by atoms with van der Waals surface area (Å²) in [5.74, 6) is 1.85. The number of nitrogens with zero attached hydrogens (tertiary/aromatic N) is 1. The van der Waals surface area contributed by atoms with Crippen LogP contribution in [-0.4, -0.2) is 13.4 Å². The number of benzene rings is 2. The molecule has 112 valence electrons. The first-order chi connectivity index (χ1) is 10.8. The van der Waals surface area contributed by atoms with Crippen LogP contribution in [0.2, 0.25) is 5.02 Å². The molecule has 4 nitrogen and oxygen atoms in total. The van der Waals surface area contributed by atoms with Gasteiger partial charge in [0.25, 0.3) is 0 Å². The molecule has 1 atom stereocenters. The molecule has 0 saturated carbocycles. The van der Waals surface area contributed by atoms with Gasteiger partial charge in [0.05, 0.1) is 18.6 Å². The van der Waals surface area contributed by atoms with E-state index in [0.717, 1.165) is 11.3 Å². The van der Waals surface area contributed by atoms with E-state index in [1.165, 1.54) is 0 Å². The molecule has 0 bridgehead atoms. The molecule has 2 aromatic rings. The Morgan fingerprint density at radius 2 is 2.05 bits per heavy atom. The molecule has 2 aromatic carbocycles. The molecule has 0 fully saturated rings. The molecule has 0 amide bonds. The van der Waals surface area contributed by atoms with Gasteiger partial charge in [-0.3, -0.25) is 0 Å². The molecule has 1 aliphatic rings. The highest BCUT2D eigenvalue weighted by Gasteiger charge is 2.17. The van der Waals surface area contributed by atoms with Crippen molar-refractivity contribution in [3.8, 4) is 23.3 Å². The van der Waals surface area contributed by atoms with E-state index in [2.05, 4.69) is 6.07 Å². The fraction of sp³-hybridized carbons (Fsp3) is 0.235.